The average Bonchev–Trinajstić information content (AvgIpc) is 2.71. The van der Waals surface area contributed by atoms with Crippen LogP contribution < -0.4 is 5.32 Å². The Morgan fingerprint density at radius 2 is 2.12 bits per heavy atom. The normalized spacial score (nSPS) is 27.5. The summed E-state index contributed by atoms with van der Waals surface area (Å²) in [6.07, 6.45) is 1.81. The number of carbonyl (C=O) groups excluding carboxylic acids is 1. The second kappa shape index (κ2) is 6.00. The average molecular weight is 243 g/mol. The van der Waals surface area contributed by atoms with E-state index >= 15 is 0 Å². The second-order valence-electron chi connectivity index (χ2n) is 4.72. The van der Waals surface area contributed by atoms with Crippen LogP contribution in [-0.4, -0.2) is 35.2 Å². The summed E-state index contributed by atoms with van der Waals surface area (Å²) in [5, 5.41) is 11.6. The lowest BCUT2D eigenvalue weighted by Crippen LogP contribution is -2.48. The first-order valence-corrected chi connectivity index (χ1v) is 6.14. The molecule has 0 bridgehead atoms. The van der Waals surface area contributed by atoms with Crippen molar-refractivity contribution in [1.82, 2.24) is 5.32 Å². The van der Waals surface area contributed by atoms with E-state index < -0.39 is 18.1 Å². The van der Waals surface area contributed by atoms with Gasteiger partial charge in [0, 0.05) is 0 Å². The van der Waals surface area contributed by atoms with Gasteiger partial charge in [-0.3, -0.25) is 4.79 Å². The molecule has 1 aliphatic rings. The number of nitrogens with one attached hydrogen (secondary N) is 1. The van der Waals surface area contributed by atoms with Crippen LogP contribution >= 0.6 is 0 Å². The molecule has 1 aliphatic heterocycles. The Bertz CT molecular complexity index is 292. The molecule has 0 aromatic rings. The minimum Gasteiger partial charge on any atom is -0.480 e. The minimum atomic E-state index is -0.987. The summed E-state index contributed by atoms with van der Waals surface area (Å²) in [6, 6.07) is -0.827. The van der Waals surface area contributed by atoms with E-state index in [9.17, 15) is 9.59 Å². The van der Waals surface area contributed by atoms with Gasteiger partial charge < -0.3 is 15.2 Å². The summed E-state index contributed by atoms with van der Waals surface area (Å²) in [7, 11) is 0. The van der Waals surface area contributed by atoms with Gasteiger partial charge in [0.15, 0.2) is 0 Å². The molecule has 0 aromatic carbocycles. The number of rotatable bonds is 5. The maximum atomic E-state index is 11.8. The van der Waals surface area contributed by atoms with E-state index in [2.05, 4.69) is 5.32 Å². The summed E-state index contributed by atoms with van der Waals surface area (Å²) in [5.74, 6) is -1.38. The Morgan fingerprint density at radius 1 is 1.47 bits per heavy atom. The quantitative estimate of drug-likeness (QED) is 0.760. The molecule has 2 N–H and O–H groups in total. The largest absolute Gasteiger partial charge is 0.480 e. The van der Waals surface area contributed by atoms with Gasteiger partial charge in [0.25, 0.3) is 0 Å². The second-order valence-corrected chi connectivity index (χ2v) is 4.72. The lowest BCUT2D eigenvalue weighted by atomic mass is 9.99. The number of hydrogen-bond acceptors (Lipinski definition) is 3. The smallest absolute Gasteiger partial charge is 0.326 e. The number of amides is 1. The topological polar surface area (TPSA) is 75.6 Å². The highest BCUT2D eigenvalue weighted by Gasteiger charge is 2.32. The van der Waals surface area contributed by atoms with Crippen LogP contribution in [0, 0.1) is 5.92 Å². The zero-order valence-electron chi connectivity index (χ0n) is 10.6. The predicted molar refractivity (Wildman–Crippen MR) is 62.6 cm³/mol. The van der Waals surface area contributed by atoms with Gasteiger partial charge in [-0.1, -0.05) is 20.3 Å². The predicted octanol–water partition coefficient (Wildman–Crippen LogP) is 1.17. The van der Waals surface area contributed by atoms with E-state index in [1.165, 1.54) is 0 Å². The SMILES string of the molecule is CCC(C)C(NC(=O)C1CCC(C)O1)C(=O)O. The first kappa shape index (κ1) is 14.0. The molecular weight excluding hydrogens is 222 g/mol. The molecule has 0 spiro atoms. The van der Waals surface area contributed by atoms with Crippen molar-refractivity contribution >= 4 is 11.9 Å². The Hall–Kier alpha value is -1.10. The first-order valence-electron chi connectivity index (χ1n) is 6.14. The Kier molecular flexibility index (Phi) is 4.93. The fourth-order valence-electron chi connectivity index (χ4n) is 1.92. The van der Waals surface area contributed by atoms with Crippen LogP contribution in [0.3, 0.4) is 0 Å². The van der Waals surface area contributed by atoms with Crippen LogP contribution in [0.2, 0.25) is 0 Å². The van der Waals surface area contributed by atoms with Crippen molar-refractivity contribution in [3.63, 3.8) is 0 Å². The lowest BCUT2D eigenvalue weighted by molar-refractivity contribution is -0.145. The first-order chi connectivity index (χ1) is 7.95. The Balaban J connectivity index is 2.55. The highest BCUT2D eigenvalue weighted by molar-refractivity contribution is 5.86. The zero-order valence-corrected chi connectivity index (χ0v) is 10.6. The van der Waals surface area contributed by atoms with E-state index in [4.69, 9.17) is 9.84 Å². The highest BCUT2D eigenvalue weighted by Crippen LogP contribution is 2.19. The zero-order chi connectivity index (χ0) is 13.0. The summed E-state index contributed by atoms with van der Waals surface area (Å²) in [4.78, 5) is 22.9. The van der Waals surface area contributed by atoms with Crippen LogP contribution in [0.1, 0.15) is 40.0 Å². The van der Waals surface area contributed by atoms with E-state index in [0.29, 0.717) is 12.8 Å². The third kappa shape index (κ3) is 3.70. The third-order valence-electron chi connectivity index (χ3n) is 3.30. The Labute approximate surface area is 102 Å². The molecule has 0 aromatic heterocycles. The van der Waals surface area contributed by atoms with Gasteiger partial charge in [0.2, 0.25) is 5.91 Å². The molecule has 4 unspecified atom stereocenters. The molecule has 1 amide bonds. The van der Waals surface area contributed by atoms with Gasteiger partial charge in [-0.05, 0) is 25.7 Å². The van der Waals surface area contributed by atoms with Gasteiger partial charge in [-0.2, -0.15) is 0 Å². The van der Waals surface area contributed by atoms with Gasteiger partial charge >= 0.3 is 5.97 Å². The molecule has 0 saturated carbocycles. The Morgan fingerprint density at radius 3 is 2.53 bits per heavy atom. The molecule has 1 heterocycles. The van der Waals surface area contributed by atoms with Crippen LogP contribution in [-0.2, 0) is 14.3 Å². The standard InChI is InChI=1S/C12H21NO4/c1-4-7(2)10(12(15)16)13-11(14)9-6-5-8(3)17-9/h7-10H,4-6H2,1-3H3,(H,13,14)(H,15,16). The van der Waals surface area contributed by atoms with Crippen molar-refractivity contribution in [2.75, 3.05) is 0 Å². The van der Waals surface area contributed by atoms with Crippen molar-refractivity contribution in [3.8, 4) is 0 Å². The molecule has 1 fully saturated rings. The molecule has 5 heteroatoms. The van der Waals surface area contributed by atoms with Crippen molar-refractivity contribution in [2.24, 2.45) is 5.92 Å². The molecule has 17 heavy (non-hydrogen) atoms. The minimum absolute atomic E-state index is 0.0811. The monoisotopic (exact) mass is 243 g/mol. The van der Waals surface area contributed by atoms with Crippen molar-refractivity contribution in [1.29, 1.82) is 0 Å². The number of ether oxygens (including phenoxy) is 1. The molecule has 5 nitrogen and oxygen atoms in total. The third-order valence-corrected chi connectivity index (χ3v) is 3.30. The van der Waals surface area contributed by atoms with E-state index in [0.717, 1.165) is 6.42 Å². The van der Waals surface area contributed by atoms with Gasteiger partial charge in [0.1, 0.15) is 12.1 Å². The number of aliphatic carboxylic acids is 1. The summed E-state index contributed by atoms with van der Waals surface area (Å²) < 4.78 is 5.41. The molecule has 4 atom stereocenters. The van der Waals surface area contributed by atoms with Crippen LogP contribution in [0.5, 0.6) is 0 Å². The fourth-order valence-corrected chi connectivity index (χ4v) is 1.92. The van der Waals surface area contributed by atoms with E-state index in [1.807, 2.05) is 20.8 Å². The van der Waals surface area contributed by atoms with Crippen molar-refractivity contribution in [2.45, 2.75) is 58.3 Å². The number of carboxylic acids is 1. The number of hydrogen-bond donors (Lipinski definition) is 2. The molecule has 98 valence electrons. The lowest BCUT2D eigenvalue weighted by Gasteiger charge is -2.22. The van der Waals surface area contributed by atoms with Gasteiger partial charge in [-0.25, -0.2) is 4.79 Å². The van der Waals surface area contributed by atoms with Crippen molar-refractivity contribution < 1.29 is 19.4 Å². The molecule has 1 rings (SSSR count). The number of carbonyl (C=O) groups is 2. The maximum Gasteiger partial charge on any atom is 0.326 e. The van der Waals surface area contributed by atoms with E-state index in [1.54, 1.807) is 0 Å². The molecule has 0 radical (unpaired) electrons. The number of carboxylic acid groups (broad SMARTS) is 1. The maximum absolute atomic E-state index is 11.8. The highest BCUT2D eigenvalue weighted by atomic mass is 16.5. The van der Waals surface area contributed by atoms with Gasteiger partial charge in [-0.15, -0.1) is 0 Å². The summed E-state index contributed by atoms with van der Waals surface area (Å²) in [6.45, 7) is 5.63. The van der Waals surface area contributed by atoms with Crippen LogP contribution in [0.4, 0.5) is 0 Å². The van der Waals surface area contributed by atoms with Crippen LogP contribution in [0.15, 0.2) is 0 Å². The van der Waals surface area contributed by atoms with Crippen molar-refractivity contribution in [3.05, 3.63) is 0 Å². The summed E-state index contributed by atoms with van der Waals surface area (Å²) >= 11 is 0. The molecular formula is C12H21NO4. The van der Waals surface area contributed by atoms with Crippen LogP contribution in [0.25, 0.3) is 0 Å². The van der Waals surface area contributed by atoms with Gasteiger partial charge in [0.05, 0.1) is 6.10 Å². The fraction of sp³-hybridized carbons (Fsp3) is 0.833. The summed E-state index contributed by atoms with van der Waals surface area (Å²) in [5.41, 5.74) is 0. The molecule has 1 saturated heterocycles. The van der Waals surface area contributed by atoms with E-state index in [-0.39, 0.29) is 17.9 Å². The molecule has 0 aliphatic carbocycles.